The molecule has 2 N–H and O–H groups in total. The molecule has 1 fully saturated rings. The summed E-state index contributed by atoms with van der Waals surface area (Å²) < 4.78 is 38.0. The van der Waals surface area contributed by atoms with Gasteiger partial charge in [0, 0.05) is 94.1 Å². The number of ether oxygens (including phenoxy) is 7. The van der Waals surface area contributed by atoms with Crippen molar-refractivity contribution >= 4 is 35.0 Å². The first kappa shape index (κ1) is 57.4. The fourth-order valence-corrected chi connectivity index (χ4v) is 8.81. The number of carbonyl (C=O) groups is 4. The number of aryl methyl sites for hydroxylation is 1. The predicted molar refractivity (Wildman–Crippen MR) is 284 cm³/mol. The molecule has 2 heterocycles. The van der Waals surface area contributed by atoms with E-state index in [1.54, 1.807) is 66.6 Å². The number of pyridine rings is 1. The Morgan fingerprint density at radius 3 is 1.99 bits per heavy atom. The van der Waals surface area contributed by atoms with Gasteiger partial charge in [0.15, 0.2) is 0 Å². The Morgan fingerprint density at radius 1 is 0.689 bits per heavy atom. The van der Waals surface area contributed by atoms with Gasteiger partial charge >= 0.3 is 0 Å². The number of piperazine rings is 1. The molecule has 74 heavy (non-hydrogen) atoms. The minimum Gasteiger partial charge on any atom is -0.382 e. The Hall–Kier alpha value is -5.83. The fraction of sp³-hybridized carbons (Fsp3) is 0.518. The largest absolute Gasteiger partial charge is 0.382 e. The number of aromatic nitrogens is 1. The average molecular weight is 1020 g/mol. The monoisotopic (exact) mass is 1020 g/mol. The molecule has 4 amide bonds. The van der Waals surface area contributed by atoms with Gasteiger partial charge in [-0.25, -0.2) is 0 Å². The first-order chi connectivity index (χ1) is 36.2. The molecule has 0 bridgehead atoms. The molecule has 0 radical (unpaired) electrons. The Kier molecular flexibility index (Phi) is 24.7. The van der Waals surface area contributed by atoms with Crippen molar-refractivity contribution in [3.63, 3.8) is 0 Å². The molecule has 1 aliphatic heterocycles. The maximum atomic E-state index is 14.0. The Bertz CT molecular complexity index is 2370. The van der Waals surface area contributed by atoms with E-state index in [4.69, 9.17) is 33.2 Å². The van der Waals surface area contributed by atoms with Crippen LogP contribution in [0.3, 0.4) is 0 Å². The highest BCUT2D eigenvalue weighted by atomic mass is 16.6. The van der Waals surface area contributed by atoms with E-state index in [-0.39, 0.29) is 30.3 Å². The van der Waals surface area contributed by atoms with Crippen molar-refractivity contribution in [1.29, 1.82) is 0 Å². The van der Waals surface area contributed by atoms with Gasteiger partial charge in [-0.15, -0.1) is 0 Å². The molecule has 1 saturated heterocycles. The van der Waals surface area contributed by atoms with Crippen molar-refractivity contribution in [3.8, 4) is 11.3 Å². The summed E-state index contributed by atoms with van der Waals surface area (Å²) in [7, 11) is 3.36. The number of hydrogen-bond donors (Lipinski definition) is 2. The fourth-order valence-electron chi connectivity index (χ4n) is 8.81. The lowest BCUT2D eigenvalue weighted by Gasteiger charge is -2.35. The molecule has 0 spiro atoms. The van der Waals surface area contributed by atoms with Crippen LogP contribution in [0.5, 0.6) is 0 Å². The number of hydrogen-bond acceptors (Lipinski definition) is 14. The quantitative estimate of drug-likeness (QED) is 0.0562. The van der Waals surface area contributed by atoms with E-state index in [1.165, 1.54) is 5.56 Å². The van der Waals surface area contributed by atoms with Gasteiger partial charge in [0.2, 0.25) is 5.91 Å². The van der Waals surface area contributed by atoms with Crippen LogP contribution in [0.15, 0.2) is 85.1 Å². The van der Waals surface area contributed by atoms with Gasteiger partial charge in [0.05, 0.1) is 110 Å². The summed E-state index contributed by atoms with van der Waals surface area (Å²) in [5.74, 6) is -0.805. The molecule has 1 aromatic heterocycles. The van der Waals surface area contributed by atoms with Gasteiger partial charge < -0.3 is 58.5 Å². The molecular weight excluding hydrogens is 947 g/mol. The molecule has 2 aliphatic rings. The topological polar surface area (TPSA) is 183 Å². The molecule has 18 heteroatoms. The minimum atomic E-state index is -0.395. The molecule has 402 valence electrons. The van der Waals surface area contributed by atoms with Crippen LogP contribution in [0.2, 0.25) is 0 Å². The second-order valence-electron chi connectivity index (χ2n) is 18.0. The lowest BCUT2D eigenvalue weighted by Crippen LogP contribution is -2.52. The van der Waals surface area contributed by atoms with E-state index in [2.05, 4.69) is 46.5 Å². The van der Waals surface area contributed by atoms with E-state index in [1.807, 2.05) is 35.2 Å². The Labute approximate surface area is 436 Å². The van der Waals surface area contributed by atoms with Crippen molar-refractivity contribution in [3.05, 3.63) is 113 Å². The summed E-state index contributed by atoms with van der Waals surface area (Å²) in [5.41, 5.74) is 6.25. The van der Waals surface area contributed by atoms with Crippen LogP contribution in [-0.4, -0.2) is 196 Å². The summed E-state index contributed by atoms with van der Waals surface area (Å²) in [4.78, 5) is 66.8. The van der Waals surface area contributed by atoms with E-state index >= 15 is 0 Å². The van der Waals surface area contributed by atoms with Gasteiger partial charge in [-0.2, -0.15) is 0 Å². The zero-order valence-electron chi connectivity index (χ0n) is 43.9. The second kappa shape index (κ2) is 31.8. The number of carbonyl (C=O) groups excluding carboxylic acids is 4. The highest BCUT2D eigenvalue weighted by Gasteiger charge is 2.26. The Balaban J connectivity index is 0.902. The molecule has 4 aromatic rings. The summed E-state index contributed by atoms with van der Waals surface area (Å²) in [6, 6.07) is 24.1. The third-order valence-electron chi connectivity index (χ3n) is 13.0. The van der Waals surface area contributed by atoms with Crippen LogP contribution in [0, 0.1) is 0 Å². The summed E-state index contributed by atoms with van der Waals surface area (Å²) in [6.45, 7) is 14.9. The third-order valence-corrected chi connectivity index (χ3v) is 13.0. The zero-order chi connectivity index (χ0) is 52.3. The van der Waals surface area contributed by atoms with Gasteiger partial charge in [-0.3, -0.25) is 29.1 Å². The predicted octanol–water partition coefficient (Wildman–Crippen LogP) is 5.62. The highest BCUT2D eigenvalue weighted by molar-refractivity contribution is 6.08. The summed E-state index contributed by atoms with van der Waals surface area (Å²) in [5, 5.41) is 6.33. The molecule has 6 rings (SSSR count). The van der Waals surface area contributed by atoms with Crippen molar-refractivity contribution < 1.29 is 52.3 Å². The van der Waals surface area contributed by atoms with E-state index in [0.29, 0.717) is 152 Å². The molecule has 1 atom stereocenters. The minimum absolute atomic E-state index is 0.0155. The lowest BCUT2D eigenvalue weighted by molar-refractivity contribution is -0.136. The van der Waals surface area contributed by atoms with Crippen molar-refractivity contribution in [2.75, 3.05) is 163 Å². The van der Waals surface area contributed by atoms with Crippen molar-refractivity contribution in [2.24, 2.45) is 0 Å². The zero-order valence-corrected chi connectivity index (χ0v) is 43.9. The SMILES string of the molecule is CCN(CC)c1ccc(NC(=O)c2cccc(C(=O)N(C)CCN3CCN(CCOCCOCCOCCOCCOCCOCCOC)C(=O)C3)c2)c(-c2cc(C(=O)NC3CCCc4ccccc43)ccn2)c1. The average Bonchev–Trinajstić information content (AvgIpc) is 3.42. The highest BCUT2D eigenvalue weighted by Crippen LogP contribution is 2.33. The first-order valence-corrected chi connectivity index (χ1v) is 26.1. The standard InChI is InChI=1S/C56H77N7O11/c1-5-62(6-2)47-17-18-51(49(41-47)52-40-45(19-20-57-52)55(66)58-50-16-10-12-43-11-7-8-15-48(43)50)59-54(65)44-13-9-14-46(39-44)56(67)60(3)21-22-61-23-24-63(53(64)42-61)25-26-69-29-30-71-33-34-73-37-38-74-36-35-72-32-31-70-28-27-68-4/h7-9,11,13-15,17-20,39-41,50H,5-6,10,12,16,21-38,42H2,1-4H3,(H,58,66)(H,59,65). The van der Waals surface area contributed by atoms with Crippen molar-refractivity contribution in [2.45, 2.75) is 39.2 Å². The number of likely N-dealkylation sites (N-methyl/N-ethyl adjacent to an activating group) is 1. The number of rotatable bonds is 33. The maximum Gasteiger partial charge on any atom is 0.255 e. The summed E-state index contributed by atoms with van der Waals surface area (Å²) >= 11 is 0. The molecule has 1 unspecified atom stereocenters. The van der Waals surface area contributed by atoms with Gasteiger partial charge in [-0.05, 0) is 92.8 Å². The molecule has 0 saturated carbocycles. The first-order valence-electron chi connectivity index (χ1n) is 26.1. The number of nitrogens with zero attached hydrogens (tertiary/aromatic N) is 5. The van der Waals surface area contributed by atoms with Crippen LogP contribution >= 0.6 is 0 Å². The van der Waals surface area contributed by atoms with Gasteiger partial charge in [-0.1, -0.05) is 30.3 Å². The lowest BCUT2D eigenvalue weighted by atomic mass is 9.87. The van der Waals surface area contributed by atoms with Crippen LogP contribution in [0.25, 0.3) is 11.3 Å². The molecular formula is C56H77N7O11. The second-order valence-corrected chi connectivity index (χ2v) is 18.0. The summed E-state index contributed by atoms with van der Waals surface area (Å²) in [6.07, 6.45) is 4.49. The van der Waals surface area contributed by atoms with E-state index < -0.39 is 5.91 Å². The van der Waals surface area contributed by atoms with Crippen LogP contribution < -0.4 is 15.5 Å². The third kappa shape index (κ3) is 18.2. The number of fused-ring (bicyclic) bond motifs is 1. The van der Waals surface area contributed by atoms with Crippen LogP contribution in [-0.2, 0) is 44.4 Å². The molecule has 3 aromatic carbocycles. The number of nitrogens with one attached hydrogen (secondary N) is 2. The Morgan fingerprint density at radius 2 is 1.32 bits per heavy atom. The van der Waals surface area contributed by atoms with Crippen molar-refractivity contribution in [1.82, 2.24) is 25.0 Å². The number of anilines is 2. The molecule has 18 nitrogen and oxygen atoms in total. The number of benzene rings is 3. The van der Waals surface area contributed by atoms with Gasteiger partial charge in [0.25, 0.3) is 17.7 Å². The van der Waals surface area contributed by atoms with Crippen LogP contribution in [0.4, 0.5) is 11.4 Å². The van der Waals surface area contributed by atoms with Gasteiger partial charge in [0.1, 0.15) is 0 Å². The van der Waals surface area contributed by atoms with E-state index in [9.17, 15) is 19.2 Å². The smallest absolute Gasteiger partial charge is 0.255 e. The number of amides is 4. The molecule has 1 aliphatic carbocycles. The normalized spacial score (nSPS) is 14.7. The number of methoxy groups -OCH3 is 1. The maximum absolute atomic E-state index is 14.0. The van der Waals surface area contributed by atoms with E-state index in [0.717, 1.165) is 43.6 Å². The van der Waals surface area contributed by atoms with Crippen LogP contribution in [0.1, 0.15) is 74.9 Å².